The predicted molar refractivity (Wildman–Crippen MR) is 130 cm³/mol. The van der Waals surface area contributed by atoms with Gasteiger partial charge < -0.3 is 9.53 Å². The second-order valence-corrected chi connectivity index (χ2v) is 14.8. The summed E-state index contributed by atoms with van der Waals surface area (Å²) in [6.07, 6.45) is 8.42. The zero-order valence-electron chi connectivity index (χ0n) is 19.8. The van der Waals surface area contributed by atoms with E-state index in [9.17, 15) is 9.90 Å². The van der Waals surface area contributed by atoms with Crippen molar-refractivity contribution in [1.29, 1.82) is 0 Å². The number of benzene rings is 2. The average molecular weight is 429 g/mol. The van der Waals surface area contributed by atoms with Crippen LogP contribution in [0, 0.1) is 0 Å². The summed E-state index contributed by atoms with van der Waals surface area (Å²) >= 11 is 0. The molecule has 1 unspecified atom stereocenters. The van der Waals surface area contributed by atoms with E-state index >= 15 is 0 Å². The van der Waals surface area contributed by atoms with Crippen LogP contribution in [-0.4, -0.2) is 25.5 Å². The molecule has 0 aliphatic rings. The number of unbranched alkanes of at least 4 members (excludes halogenated alkanes) is 2. The minimum absolute atomic E-state index is 0.232. The number of carboxylic acids is 1. The Balaban J connectivity index is 2.03. The maximum Gasteiger partial charge on any atom is 0.335 e. The fourth-order valence-electron chi connectivity index (χ4n) is 3.60. The van der Waals surface area contributed by atoms with Crippen molar-refractivity contribution in [3.8, 4) is 0 Å². The first-order valence-electron chi connectivity index (χ1n) is 11.5. The van der Waals surface area contributed by atoms with Crippen LogP contribution in [0.4, 0.5) is 0 Å². The van der Waals surface area contributed by atoms with E-state index in [2.05, 4.69) is 59.0 Å². The minimum atomic E-state index is -1.77. The van der Waals surface area contributed by atoms with E-state index < -0.39 is 14.3 Å². The topological polar surface area (TPSA) is 46.5 Å². The van der Waals surface area contributed by atoms with Crippen molar-refractivity contribution < 1.29 is 14.3 Å². The Hall–Kier alpha value is -1.65. The van der Waals surface area contributed by atoms with Crippen molar-refractivity contribution in [2.45, 2.75) is 96.9 Å². The molecule has 0 radical (unpaired) electrons. The first kappa shape index (κ1) is 24.6. The zero-order chi connectivity index (χ0) is 22.4. The number of carboxylic acid groups (broad SMARTS) is 1. The van der Waals surface area contributed by atoms with Gasteiger partial charge in [-0.15, -0.1) is 0 Å². The number of rotatable bonds is 11. The van der Waals surface area contributed by atoms with E-state index in [0.717, 1.165) is 36.5 Å². The molecule has 2 aromatic rings. The molecule has 166 valence electrons. The van der Waals surface area contributed by atoms with Crippen molar-refractivity contribution in [2.75, 3.05) is 0 Å². The Labute approximate surface area is 184 Å². The lowest BCUT2D eigenvalue weighted by Gasteiger charge is -2.39. The lowest BCUT2D eigenvalue weighted by atomic mass is 9.99. The minimum Gasteiger partial charge on any atom is -0.478 e. The normalized spacial score (nSPS) is 13.5. The quantitative estimate of drug-likeness (QED) is 0.293. The van der Waals surface area contributed by atoms with Crippen LogP contribution in [0.1, 0.15) is 82.1 Å². The molecule has 1 atom stereocenters. The monoisotopic (exact) mass is 428 g/mol. The van der Waals surface area contributed by atoms with Gasteiger partial charge >= 0.3 is 5.97 Å². The van der Waals surface area contributed by atoms with Gasteiger partial charge in [0.05, 0.1) is 5.56 Å². The summed E-state index contributed by atoms with van der Waals surface area (Å²) in [4.78, 5) is 11.3. The van der Waals surface area contributed by atoms with Gasteiger partial charge in [0.25, 0.3) is 0 Å². The summed E-state index contributed by atoms with van der Waals surface area (Å²) in [7, 11) is -1.77. The molecule has 0 saturated heterocycles. The van der Waals surface area contributed by atoms with Gasteiger partial charge in [-0.3, -0.25) is 0 Å². The highest BCUT2D eigenvalue weighted by atomic mass is 28.4. The van der Waals surface area contributed by atoms with E-state index in [1.165, 1.54) is 24.8 Å². The molecule has 0 fully saturated rings. The van der Waals surface area contributed by atoms with E-state index in [1.807, 2.05) is 6.07 Å². The summed E-state index contributed by atoms with van der Waals surface area (Å²) in [5.74, 6) is -0.875. The molecule has 3 nitrogen and oxygen atoms in total. The molecule has 2 rings (SSSR count). The van der Waals surface area contributed by atoms with E-state index in [0.29, 0.717) is 11.7 Å². The lowest BCUT2D eigenvalue weighted by molar-refractivity contribution is 0.0697. The van der Waals surface area contributed by atoms with Crippen LogP contribution < -0.4 is 0 Å². The second kappa shape index (κ2) is 10.6. The molecule has 4 heteroatoms. The van der Waals surface area contributed by atoms with Gasteiger partial charge in [0.2, 0.25) is 0 Å². The third-order valence-electron chi connectivity index (χ3n) is 6.54. The van der Waals surface area contributed by atoms with Crippen molar-refractivity contribution in [3.05, 3.63) is 47.5 Å². The Kier molecular flexibility index (Phi) is 8.69. The molecule has 0 spiro atoms. The molecule has 30 heavy (non-hydrogen) atoms. The summed E-state index contributed by atoms with van der Waals surface area (Å²) in [5.41, 5.74) is 1.61. The summed E-state index contributed by atoms with van der Waals surface area (Å²) in [6.45, 7) is 13.9. The summed E-state index contributed by atoms with van der Waals surface area (Å²) in [5, 5.41) is 11.6. The summed E-state index contributed by atoms with van der Waals surface area (Å²) in [6, 6.07) is 11.7. The maximum absolute atomic E-state index is 11.3. The standard InChI is InChI=1S/C26H40O3Si/c1-7-8-9-12-24(29-30(5,6)26(2,3)4)13-10-11-20-14-15-21-16-17-22(25(27)28)19-23(21)18-20/h14-19,24H,7-13H2,1-6H3,(H,27,28). The highest BCUT2D eigenvalue weighted by molar-refractivity contribution is 6.74. The van der Waals surface area contributed by atoms with Gasteiger partial charge in [-0.25, -0.2) is 4.79 Å². The van der Waals surface area contributed by atoms with Crippen LogP contribution in [0.3, 0.4) is 0 Å². The molecule has 0 aromatic heterocycles. The number of carbonyl (C=O) groups is 1. The third-order valence-corrected chi connectivity index (χ3v) is 11.1. The number of hydrogen-bond donors (Lipinski definition) is 1. The van der Waals surface area contributed by atoms with Crippen LogP contribution in [0.25, 0.3) is 10.8 Å². The Morgan fingerprint density at radius 3 is 2.30 bits per heavy atom. The molecule has 1 N–H and O–H groups in total. The van der Waals surface area contributed by atoms with E-state index in [4.69, 9.17) is 4.43 Å². The van der Waals surface area contributed by atoms with Crippen molar-refractivity contribution >= 4 is 25.1 Å². The highest BCUT2D eigenvalue weighted by Gasteiger charge is 2.38. The zero-order valence-corrected chi connectivity index (χ0v) is 20.8. The first-order chi connectivity index (χ1) is 14.0. The van der Waals surface area contributed by atoms with Crippen LogP contribution in [0.2, 0.25) is 18.1 Å². The van der Waals surface area contributed by atoms with Crippen LogP contribution >= 0.6 is 0 Å². The average Bonchev–Trinajstić information content (AvgIpc) is 2.66. The summed E-state index contributed by atoms with van der Waals surface area (Å²) < 4.78 is 6.77. The molecule has 0 bridgehead atoms. The van der Waals surface area contributed by atoms with Gasteiger partial charge in [0, 0.05) is 6.10 Å². The van der Waals surface area contributed by atoms with Gasteiger partial charge in [-0.2, -0.15) is 0 Å². The Bertz CT molecular complexity index is 836. The Morgan fingerprint density at radius 1 is 1.00 bits per heavy atom. The van der Waals surface area contributed by atoms with Crippen molar-refractivity contribution in [2.24, 2.45) is 0 Å². The molecule has 0 aliphatic heterocycles. The molecule has 0 amide bonds. The van der Waals surface area contributed by atoms with Crippen LogP contribution in [-0.2, 0) is 10.8 Å². The predicted octanol–water partition coefficient (Wildman–Crippen LogP) is 7.83. The molecular weight excluding hydrogens is 388 g/mol. The number of aryl methyl sites for hydroxylation is 1. The lowest BCUT2D eigenvalue weighted by Crippen LogP contribution is -2.44. The number of aromatic carboxylic acids is 1. The first-order valence-corrected chi connectivity index (χ1v) is 14.4. The van der Waals surface area contributed by atoms with Gasteiger partial charge in [-0.05, 0) is 72.3 Å². The fraction of sp³-hybridized carbons (Fsp3) is 0.577. The molecule has 0 heterocycles. The largest absolute Gasteiger partial charge is 0.478 e. The third kappa shape index (κ3) is 6.95. The molecular formula is C26H40O3Si. The van der Waals surface area contributed by atoms with Gasteiger partial charge in [0.15, 0.2) is 8.32 Å². The van der Waals surface area contributed by atoms with E-state index in [1.54, 1.807) is 12.1 Å². The fourth-order valence-corrected chi connectivity index (χ4v) is 5.02. The molecule has 0 saturated carbocycles. The van der Waals surface area contributed by atoms with Gasteiger partial charge in [-0.1, -0.05) is 71.2 Å². The number of hydrogen-bond acceptors (Lipinski definition) is 2. The molecule has 0 aliphatic carbocycles. The SMILES string of the molecule is CCCCCC(CCCc1ccc2ccc(C(=O)O)cc2c1)O[Si](C)(C)C(C)(C)C. The van der Waals surface area contributed by atoms with Crippen LogP contribution in [0.15, 0.2) is 36.4 Å². The number of fused-ring (bicyclic) bond motifs is 1. The highest BCUT2D eigenvalue weighted by Crippen LogP contribution is 2.38. The van der Waals surface area contributed by atoms with E-state index in [-0.39, 0.29) is 5.04 Å². The van der Waals surface area contributed by atoms with Crippen molar-refractivity contribution in [1.82, 2.24) is 0 Å². The maximum atomic E-state index is 11.3. The Morgan fingerprint density at radius 2 is 1.67 bits per heavy atom. The molecule has 2 aromatic carbocycles. The second-order valence-electron chi connectivity index (χ2n) is 10.1. The van der Waals surface area contributed by atoms with Crippen LogP contribution in [0.5, 0.6) is 0 Å². The van der Waals surface area contributed by atoms with Gasteiger partial charge in [0.1, 0.15) is 0 Å². The van der Waals surface area contributed by atoms with Crippen molar-refractivity contribution in [3.63, 3.8) is 0 Å². The smallest absolute Gasteiger partial charge is 0.335 e.